The lowest BCUT2D eigenvalue weighted by Crippen LogP contribution is -2.21. The van der Waals surface area contributed by atoms with Gasteiger partial charge in [-0.2, -0.15) is 26.3 Å². The van der Waals surface area contributed by atoms with E-state index in [0.717, 1.165) is 6.26 Å². The molecule has 5 nitrogen and oxygen atoms in total. The number of anilines is 1. The molecule has 0 radical (unpaired) electrons. The maximum absolute atomic E-state index is 13.1. The lowest BCUT2D eigenvalue weighted by Gasteiger charge is -2.16. The molecule has 0 saturated heterocycles. The predicted octanol–water partition coefficient (Wildman–Crippen LogP) is 4.29. The lowest BCUT2D eigenvalue weighted by atomic mass is 10.1. The molecule has 30 heavy (non-hydrogen) atoms. The van der Waals surface area contributed by atoms with Crippen molar-refractivity contribution in [2.24, 2.45) is 0 Å². The van der Waals surface area contributed by atoms with Crippen molar-refractivity contribution in [2.45, 2.75) is 18.1 Å². The third-order valence-electron chi connectivity index (χ3n) is 3.63. The van der Waals surface area contributed by atoms with Crippen LogP contribution in [0.25, 0.3) is 0 Å². The molecule has 0 fully saturated rings. The van der Waals surface area contributed by atoms with Gasteiger partial charge in [0.05, 0.1) is 16.9 Å². The van der Waals surface area contributed by atoms with Crippen LogP contribution in [0.4, 0.5) is 32.0 Å². The number of ether oxygens (including phenoxy) is 1. The van der Waals surface area contributed by atoms with Gasteiger partial charge in [0, 0.05) is 11.9 Å². The molecule has 12 heteroatoms. The summed E-state index contributed by atoms with van der Waals surface area (Å²) in [5.74, 6) is -2.50. The topological polar surface area (TPSA) is 72.5 Å². The zero-order valence-electron chi connectivity index (χ0n) is 15.3. The van der Waals surface area contributed by atoms with Gasteiger partial charge in [-0.25, -0.2) is 13.2 Å². The van der Waals surface area contributed by atoms with Crippen LogP contribution >= 0.6 is 0 Å². The van der Waals surface area contributed by atoms with Crippen LogP contribution in [0.2, 0.25) is 0 Å². The number of nitrogens with one attached hydrogen (secondary N) is 1. The lowest BCUT2D eigenvalue weighted by molar-refractivity contribution is -0.144. The molecule has 0 aliphatic rings. The molecule has 0 aliphatic carbocycles. The number of esters is 1. The molecule has 0 atom stereocenters. The van der Waals surface area contributed by atoms with Crippen molar-refractivity contribution in [3.05, 3.63) is 59.2 Å². The van der Waals surface area contributed by atoms with Crippen LogP contribution < -0.4 is 10.1 Å². The first kappa shape index (κ1) is 23.5. The van der Waals surface area contributed by atoms with E-state index in [1.807, 2.05) is 0 Å². The number of hydrogen-bond donors (Lipinski definition) is 1. The van der Waals surface area contributed by atoms with Gasteiger partial charge in [-0.3, -0.25) is 0 Å². The van der Waals surface area contributed by atoms with Crippen LogP contribution in [0, 0.1) is 0 Å². The zero-order chi connectivity index (χ0) is 22.7. The Labute approximate surface area is 167 Å². The summed E-state index contributed by atoms with van der Waals surface area (Å²) in [7, 11) is -3.30. The van der Waals surface area contributed by atoms with Gasteiger partial charge < -0.3 is 10.1 Å². The van der Waals surface area contributed by atoms with Gasteiger partial charge >= 0.3 is 18.3 Å². The molecule has 0 spiro atoms. The quantitative estimate of drug-likeness (QED) is 0.400. The van der Waals surface area contributed by atoms with E-state index in [0.29, 0.717) is 23.4 Å². The van der Waals surface area contributed by atoms with Gasteiger partial charge in [0.25, 0.3) is 0 Å². The van der Waals surface area contributed by atoms with Crippen molar-refractivity contribution in [2.75, 3.05) is 18.1 Å². The molecule has 0 aliphatic heterocycles. The molecule has 1 N–H and O–H groups in total. The Balaban J connectivity index is 2.12. The molecule has 0 saturated carbocycles. The monoisotopic (exact) mass is 455 g/mol. The number of benzene rings is 2. The standard InChI is InChI=1S/C18H15F6NO4S/c1-30(27,28)10-11-3-2-4-13(7-11)25-9-16(26)29-15-6-5-12(17(19,20)21)8-14(15)18(22,23)24/h2-8,25H,9-10H2,1H3. The minimum absolute atomic E-state index is 0.134. The summed E-state index contributed by atoms with van der Waals surface area (Å²) in [6.07, 6.45) is -9.14. The summed E-state index contributed by atoms with van der Waals surface area (Å²) in [6.45, 7) is -0.610. The molecule has 0 amide bonds. The van der Waals surface area contributed by atoms with Crippen LogP contribution in [-0.2, 0) is 32.7 Å². The Kier molecular flexibility index (Phi) is 6.70. The van der Waals surface area contributed by atoms with Crippen LogP contribution in [-0.4, -0.2) is 27.2 Å². The van der Waals surface area contributed by atoms with Gasteiger partial charge in [-0.1, -0.05) is 12.1 Å². The van der Waals surface area contributed by atoms with Crippen molar-refractivity contribution in [3.63, 3.8) is 0 Å². The second-order valence-corrected chi connectivity index (χ2v) is 8.44. The molecule has 0 aromatic heterocycles. The minimum atomic E-state index is -5.18. The molecule has 0 bridgehead atoms. The van der Waals surface area contributed by atoms with Gasteiger partial charge in [0.1, 0.15) is 12.3 Å². The van der Waals surface area contributed by atoms with Crippen molar-refractivity contribution in [3.8, 4) is 5.75 Å². The first-order valence-corrected chi connectivity index (χ1v) is 10.2. The highest BCUT2D eigenvalue weighted by molar-refractivity contribution is 7.89. The van der Waals surface area contributed by atoms with E-state index in [4.69, 9.17) is 0 Å². The normalized spacial score (nSPS) is 12.5. The zero-order valence-corrected chi connectivity index (χ0v) is 16.1. The predicted molar refractivity (Wildman–Crippen MR) is 95.6 cm³/mol. The summed E-state index contributed by atoms with van der Waals surface area (Å²) in [5, 5.41) is 2.55. The number of carbonyl (C=O) groups excluding carboxylic acids is 1. The van der Waals surface area contributed by atoms with E-state index >= 15 is 0 Å². The van der Waals surface area contributed by atoms with E-state index in [9.17, 15) is 39.6 Å². The average molecular weight is 455 g/mol. The molecule has 2 rings (SSSR count). The highest BCUT2D eigenvalue weighted by Gasteiger charge is 2.39. The first-order chi connectivity index (χ1) is 13.6. The maximum atomic E-state index is 13.1. The molecule has 0 unspecified atom stereocenters. The fraction of sp³-hybridized carbons (Fsp3) is 0.278. The van der Waals surface area contributed by atoms with E-state index in [1.165, 1.54) is 24.3 Å². The fourth-order valence-electron chi connectivity index (χ4n) is 2.42. The van der Waals surface area contributed by atoms with Crippen molar-refractivity contribution in [1.82, 2.24) is 0 Å². The van der Waals surface area contributed by atoms with Crippen molar-refractivity contribution >= 4 is 21.5 Å². The SMILES string of the molecule is CS(=O)(=O)Cc1cccc(NCC(=O)Oc2ccc(C(F)(F)F)cc2C(F)(F)F)c1. The van der Waals surface area contributed by atoms with Crippen molar-refractivity contribution < 1.29 is 44.3 Å². The minimum Gasteiger partial charge on any atom is -0.425 e. The number of rotatable bonds is 6. The largest absolute Gasteiger partial charge is 0.425 e. The molecular weight excluding hydrogens is 440 g/mol. The Morgan fingerprint density at radius 1 is 1.00 bits per heavy atom. The number of alkyl halides is 6. The Morgan fingerprint density at radius 3 is 2.23 bits per heavy atom. The molecule has 0 heterocycles. The Morgan fingerprint density at radius 2 is 1.67 bits per heavy atom. The molecular formula is C18H15F6NO4S. The molecule has 2 aromatic rings. The van der Waals surface area contributed by atoms with E-state index < -0.39 is 51.6 Å². The van der Waals surface area contributed by atoms with Gasteiger partial charge in [-0.15, -0.1) is 0 Å². The maximum Gasteiger partial charge on any atom is 0.420 e. The van der Waals surface area contributed by atoms with Gasteiger partial charge in [0.15, 0.2) is 9.84 Å². The third kappa shape index (κ3) is 6.94. The van der Waals surface area contributed by atoms with Gasteiger partial charge in [-0.05, 0) is 35.9 Å². The van der Waals surface area contributed by atoms with Crippen molar-refractivity contribution in [1.29, 1.82) is 0 Å². The smallest absolute Gasteiger partial charge is 0.420 e. The van der Waals surface area contributed by atoms with Crippen LogP contribution in [0.1, 0.15) is 16.7 Å². The summed E-state index contributed by atoms with van der Waals surface area (Å²) in [6, 6.07) is 6.61. The second kappa shape index (κ2) is 8.54. The van der Waals surface area contributed by atoms with E-state index in [1.54, 1.807) is 0 Å². The highest BCUT2D eigenvalue weighted by atomic mass is 32.2. The molecule has 2 aromatic carbocycles. The average Bonchev–Trinajstić information content (AvgIpc) is 2.57. The first-order valence-electron chi connectivity index (χ1n) is 8.15. The second-order valence-electron chi connectivity index (χ2n) is 6.30. The molecule has 164 valence electrons. The van der Waals surface area contributed by atoms with Gasteiger partial charge in [0.2, 0.25) is 0 Å². The Hall–Kier alpha value is -2.76. The number of hydrogen-bond acceptors (Lipinski definition) is 5. The highest BCUT2D eigenvalue weighted by Crippen LogP contribution is 2.40. The fourth-order valence-corrected chi connectivity index (χ4v) is 3.21. The van der Waals surface area contributed by atoms with Crippen LogP contribution in [0.15, 0.2) is 42.5 Å². The van der Waals surface area contributed by atoms with Crippen LogP contribution in [0.3, 0.4) is 0 Å². The van der Waals surface area contributed by atoms with E-state index in [-0.39, 0.29) is 11.8 Å². The summed E-state index contributed by atoms with van der Waals surface area (Å²) >= 11 is 0. The van der Waals surface area contributed by atoms with Crippen LogP contribution in [0.5, 0.6) is 5.75 Å². The number of halogens is 6. The summed E-state index contributed by atoms with van der Waals surface area (Å²) in [5.41, 5.74) is -2.55. The van der Waals surface area contributed by atoms with E-state index in [2.05, 4.69) is 10.1 Å². The summed E-state index contributed by atoms with van der Waals surface area (Å²) in [4.78, 5) is 11.9. The number of carbonyl (C=O) groups is 1. The Bertz CT molecular complexity index is 1030. The third-order valence-corrected chi connectivity index (χ3v) is 4.49. The summed E-state index contributed by atoms with van der Waals surface area (Å²) < 4.78 is 104. The number of sulfone groups is 1.